The summed E-state index contributed by atoms with van der Waals surface area (Å²) >= 11 is 0. The van der Waals surface area contributed by atoms with Crippen LogP contribution in [-0.4, -0.2) is 48.1 Å². The molecule has 1 aromatic heterocycles. The quantitative estimate of drug-likeness (QED) is 0.789. The number of likely N-dealkylation sites (tertiary alicyclic amines) is 1. The lowest BCUT2D eigenvalue weighted by Crippen LogP contribution is -2.23. The van der Waals surface area contributed by atoms with Crippen LogP contribution >= 0.6 is 0 Å². The Bertz CT molecular complexity index is 446. The van der Waals surface area contributed by atoms with Crippen molar-refractivity contribution < 1.29 is 0 Å². The molecule has 0 aliphatic carbocycles. The van der Waals surface area contributed by atoms with E-state index in [1.807, 2.05) is 13.1 Å². The van der Waals surface area contributed by atoms with E-state index in [-0.39, 0.29) is 5.41 Å². The van der Waals surface area contributed by atoms with E-state index in [0.717, 1.165) is 30.4 Å². The zero-order valence-corrected chi connectivity index (χ0v) is 13.9. The van der Waals surface area contributed by atoms with E-state index in [0.29, 0.717) is 0 Å². The number of nitrogens with zero attached hydrogens (tertiary/aromatic N) is 3. The van der Waals surface area contributed by atoms with Crippen LogP contribution in [0.5, 0.6) is 0 Å². The van der Waals surface area contributed by atoms with Crippen molar-refractivity contribution >= 4 is 11.6 Å². The van der Waals surface area contributed by atoms with Crippen LogP contribution in [-0.2, 0) is 5.41 Å². The third-order valence-corrected chi connectivity index (χ3v) is 3.81. The van der Waals surface area contributed by atoms with Gasteiger partial charge in [-0.25, -0.2) is 9.97 Å². The standard InChI is InChI=1S/C16H29N5/c1-16(2,3)15-19-13(17-4)12-14(20-15)18-8-7-11-21-9-5-6-10-21/h12H,5-11H2,1-4H3,(H2,17,18,19,20). The van der Waals surface area contributed by atoms with E-state index in [2.05, 4.69) is 46.3 Å². The summed E-state index contributed by atoms with van der Waals surface area (Å²) in [5, 5.41) is 6.55. The van der Waals surface area contributed by atoms with Gasteiger partial charge >= 0.3 is 0 Å². The second-order valence-corrected chi connectivity index (χ2v) is 6.79. The summed E-state index contributed by atoms with van der Waals surface area (Å²) in [5.74, 6) is 2.66. The molecule has 0 radical (unpaired) electrons. The molecule has 0 bridgehead atoms. The summed E-state index contributed by atoms with van der Waals surface area (Å²) in [5.41, 5.74) is -0.0428. The summed E-state index contributed by atoms with van der Waals surface area (Å²) in [4.78, 5) is 11.7. The maximum Gasteiger partial charge on any atom is 0.138 e. The second kappa shape index (κ2) is 7.07. The molecular weight excluding hydrogens is 262 g/mol. The average molecular weight is 291 g/mol. The fraction of sp³-hybridized carbons (Fsp3) is 0.750. The van der Waals surface area contributed by atoms with Crippen LogP contribution < -0.4 is 10.6 Å². The molecule has 0 atom stereocenters. The normalized spacial score (nSPS) is 16.2. The van der Waals surface area contributed by atoms with Gasteiger partial charge in [-0.3, -0.25) is 0 Å². The largest absolute Gasteiger partial charge is 0.373 e. The van der Waals surface area contributed by atoms with Crippen molar-refractivity contribution in [2.45, 2.75) is 45.4 Å². The summed E-state index contributed by atoms with van der Waals surface area (Å²) in [6, 6.07) is 1.98. The molecule has 0 amide bonds. The molecule has 0 spiro atoms. The Kier molecular flexibility index (Phi) is 5.39. The molecule has 0 aromatic carbocycles. The Morgan fingerprint density at radius 3 is 2.43 bits per heavy atom. The van der Waals surface area contributed by atoms with Crippen molar-refractivity contribution in [2.75, 3.05) is 43.9 Å². The van der Waals surface area contributed by atoms with Gasteiger partial charge in [0.05, 0.1) is 0 Å². The van der Waals surface area contributed by atoms with Crippen LogP contribution in [0.2, 0.25) is 0 Å². The number of anilines is 2. The van der Waals surface area contributed by atoms with E-state index in [1.54, 1.807) is 0 Å². The molecule has 1 saturated heterocycles. The summed E-state index contributed by atoms with van der Waals surface area (Å²) in [6.07, 6.45) is 3.88. The van der Waals surface area contributed by atoms with Crippen molar-refractivity contribution in [2.24, 2.45) is 0 Å². The zero-order valence-electron chi connectivity index (χ0n) is 13.9. The maximum atomic E-state index is 4.65. The average Bonchev–Trinajstić information content (AvgIpc) is 2.95. The molecule has 2 rings (SSSR count). The number of nitrogens with one attached hydrogen (secondary N) is 2. The number of rotatable bonds is 6. The van der Waals surface area contributed by atoms with E-state index >= 15 is 0 Å². The van der Waals surface area contributed by atoms with E-state index < -0.39 is 0 Å². The van der Waals surface area contributed by atoms with E-state index in [1.165, 1.54) is 32.5 Å². The smallest absolute Gasteiger partial charge is 0.138 e. The van der Waals surface area contributed by atoms with Crippen LogP contribution in [0.1, 0.15) is 45.9 Å². The molecule has 2 heterocycles. The van der Waals surface area contributed by atoms with E-state index in [4.69, 9.17) is 0 Å². The molecule has 1 aliphatic heterocycles. The van der Waals surface area contributed by atoms with Crippen LogP contribution in [0, 0.1) is 0 Å². The molecule has 2 N–H and O–H groups in total. The molecule has 5 nitrogen and oxygen atoms in total. The third-order valence-electron chi connectivity index (χ3n) is 3.81. The van der Waals surface area contributed by atoms with E-state index in [9.17, 15) is 0 Å². The highest BCUT2D eigenvalue weighted by Crippen LogP contribution is 2.22. The molecule has 0 saturated carbocycles. The van der Waals surface area contributed by atoms with Crippen molar-refractivity contribution in [3.8, 4) is 0 Å². The molecule has 118 valence electrons. The summed E-state index contributed by atoms with van der Waals surface area (Å²) in [7, 11) is 1.89. The van der Waals surface area contributed by atoms with Gasteiger partial charge in [-0.1, -0.05) is 20.8 Å². The highest BCUT2D eigenvalue weighted by molar-refractivity contribution is 5.47. The predicted octanol–water partition coefficient (Wildman–Crippen LogP) is 2.71. The van der Waals surface area contributed by atoms with Gasteiger partial charge in [0, 0.05) is 25.1 Å². The Labute approximate surface area is 128 Å². The Morgan fingerprint density at radius 2 is 1.81 bits per heavy atom. The number of hydrogen-bond donors (Lipinski definition) is 2. The minimum Gasteiger partial charge on any atom is -0.373 e. The lowest BCUT2D eigenvalue weighted by atomic mass is 9.96. The monoisotopic (exact) mass is 291 g/mol. The highest BCUT2D eigenvalue weighted by atomic mass is 15.1. The SMILES string of the molecule is CNc1cc(NCCCN2CCCC2)nc(C(C)(C)C)n1. The van der Waals surface area contributed by atoms with Gasteiger partial charge in [-0.15, -0.1) is 0 Å². The van der Waals surface area contributed by atoms with Gasteiger partial charge < -0.3 is 15.5 Å². The van der Waals surface area contributed by atoms with Crippen LogP contribution in [0.15, 0.2) is 6.07 Å². The second-order valence-electron chi connectivity index (χ2n) is 6.79. The molecule has 0 unspecified atom stereocenters. The lowest BCUT2D eigenvalue weighted by molar-refractivity contribution is 0.337. The maximum absolute atomic E-state index is 4.65. The minimum atomic E-state index is -0.0428. The molecule has 21 heavy (non-hydrogen) atoms. The first kappa shape index (κ1) is 16.0. The molecule has 1 fully saturated rings. The first-order valence-corrected chi connectivity index (χ1v) is 8.02. The molecule has 1 aromatic rings. The van der Waals surface area contributed by atoms with Gasteiger partial charge in [0.25, 0.3) is 0 Å². The Morgan fingerprint density at radius 1 is 1.14 bits per heavy atom. The predicted molar refractivity (Wildman–Crippen MR) is 89.1 cm³/mol. The summed E-state index contributed by atoms with van der Waals surface area (Å²) < 4.78 is 0. The molecule has 5 heteroatoms. The fourth-order valence-corrected chi connectivity index (χ4v) is 2.53. The van der Waals surface area contributed by atoms with Crippen molar-refractivity contribution in [3.63, 3.8) is 0 Å². The fourth-order valence-electron chi connectivity index (χ4n) is 2.53. The lowest BCUT2D eigenvalue weighted by Gasteiger charge is -2.19. The topological polar surface area (TPSA) is 53.1 Å². The van der Waals surface area contributed by atoms with Crippen molar-refractivity contribution in [3.05, 3.63) is 11.9 Å². The Hall–Kier alpha value is -1.36. The van der Waals surface area contributed by atoms with Crippen LogP contribution in [0.25, 0.3) is 0 Å². The van der Waals surface area contributed by atoms with Crippen molar-refractivity contribution in [1.29, 1.82) is 0 Å². The number of aromatic nitrogens is 2. The van der Waals surface area contributed by atoms with Crippen LogP contribution in [0.4, 0.5) is 11.6 Å². The highest BCUT2D eigenvalue weighted by Gasteiger charge is 2.19. The molecule has 1 aliphatic rings. The summed E-state index contributed by atoms with van der Waals surface area (Å²) in [6.45, 7) is 11.1. The van der Waals surface area contributed by atoms with Gasteiger partial charge in [0.2, 0.25) is 0 Å². The first-order chi connectivity index (χ1) is 9.99. The number of hydrogen-bond acceptors (Lipinski definition) is 5. The Balaban J connectivity index is 1.89. The molecular formula is C16H29N5. The minimum absolute atomic E-state index is 0.0428. The zero-order chi connectivity index (χ0) is 15.3. The first-order valence-electron chi connectivity index (χ1n) is 8.02. The third kappa shape index (κ3) is 4.84. The van der Waals surface area contributed by atoms with Crippen molar-refractivity contribution in [1.82, 2.24) is 14.9 Å². The van der Waals surface area contributed by atoms with Gasteiger partial charge in [0.1, 0.15) is 17.5 Å². The van der Waals surface area contributed by atoms with Gasteiger partial charge in [0.15, 0.2) is 0 Å². The van der Waals surface area contributed by atoms with Gasteiger partial charge in [-0.2, -0.15) is 0 Å². The van der Waals surface area contributed by atoms with Crippen LogP contribution in [0.3, 0.4) is 0 Å². The van der Waals surface area contributed by atoms with Gasteiger partial charge in [-0.05, 0) is 38.9 Å².